The zero-order valence-electron chi connectivity index (χ0n) is 10.1. The quantitative estimate of drug-likeness (QED) is 0.732. The zero-order valence-corrected chi connectivity index (χ0v) is 12.5. The van der Waals surface area contributed by atoms with E-state index in [2.05, 4.69) is 15.2 Å². The number of hydrogen-bond acceptors (Lipinski definition) is 4. The summed E-state index contributed by atoms with van der Waals surface area (Å²) in [6.07, 6.45) is 2.89. The Labute approximate surface area is 123 Å². The summed E-state index contributed by atoms with van der Waals surface area (Å²) in [6, 6.07) is 3.20. The van der Waals surface area contributed by atoms with Gasteiger partial charge in [-0.1, -0.05) is 11.6 Å². The summed E-state index contributed by atoms with van der Waals surface area (Å²) in [7, 11) is 3.25. The molecule has 0 radical (unpaired) electrons. The van der Waals surface area contributed by atoms with Crippen molar-refractivity contribution in [3.63, 3.8) is 0 Å². The van der Waals surface area contributed by atoms with E-state index in [-0.39, 0.29) is 4.90 Å². The van der Waals surface area contributed by atoms with Crippen LogP contribution in [0.5, 0.6) is 0 Å². The first-order valence-corrected chi connectivity index (χ1v) is 8.17. The lowest BCUT2D eigenvalue weighted by molar-refractivity contribution is 0.610. The molecule has 0 atom stereocenters. The molecular formula is C11H8Cl2N4O2S. The summed E-state index contributed by atoms with van der Waals surface area (Å²) in [6.45, 7) is 0. The van der Waals surface area contributed by atoms with E-state index in [4.69, 9.17) is 22.3 Å². The van der Waals surface area contributed by atoms with E-state index in [1.807, 2.05) is 0 Å². The molecule has 9 heteroatoms. The Hall–Kier alpha value is -1.57. The number of fused-ring (bicyclic) bond motifs is 1. The molecule has 104 valence electrons. The first-order chi connectivity index (χ1) is 9.38. The van der Waals surface area contributed by atoms with E-state index in [1.165, 1.54) is 11.0 Å². The van der Waals surface area contributed by atoms with Gasteiger partial charge >= 0.3 is 0 Å². The van der Waals surface area contributed by atoms with Crippen molar-refractivity contribution < 1.29 is 8.42 Å². The Balaban J connectivity index is 2.38. The lowest BCUT2D eigenvalue weighted by Gasteiger charge is -2.03. The van der Waals surface area contributed by atoms with Gasteiger partial charge in [-0.2, -0.15) is 15.0 Å². The van der Waals surface area contributed by atoms with Crippen LogP contribution < -0.4 is 0 Å². The molecule has 3 aromatic rings. The Morgan fingerprint density at radius 2 is 2.10 bits per heavy atom. The Morgan fingerprint density at radius 1 is 1.35 bits per heavy atom. The van der Waals surface area contributed by atoms with Crippen LogP contribution in [0.4, 0.5) is 0 Å². The highest BCUT2D eigenvalue weighted by atomic mass is 35.7. The Bertz CT molecular complexity index is 914. The zero-order chi connectivity index (χ0) is 14.5. The van der Waals surface area contributed by atoms with Gasteiger partial charge in [-0.15, -0.1) is 0 Å². The second-order valence-electron chi connectivity index (χ2n) is 4.15. The van der Waals surface area contributed by atoms with E-state index in [0.717, 1.165) is 0 Å². The summed E-state index contributed by atoms with van der Waals surface area (Å²) in [5, 5.41) is 9.07. The molecule has 0 fully saturated rings. The van der Waals surface area contributed by atoms with Crippen LogP contribution in [0.3, 0.4) is 0 Å². The average molecular weight is 331 g/mol. The number of nitrogens with one attached hydrogen (secondary N) is 1. The average Bonchev–Trinajstić information content (AvgIpc) is 2.94. The third-order valence-electron chi connectivity index (χ3n) is 2.89. The number of aromatic amines is 1. The lowest BCUT2D eigenvalue weighted by atomic mass is 10.1. The van der Waals surface area contributed by atoms with Crippen LogP contribution >= 0.6 is 22.3 Å². The fraction of sp³-hybridized carbons (Fsp3) is 0.0909. The lowest BCUT2D eigenvalue weighted by Crippen LogP contribution is -1.92. The van der Waals surface area contributed by atoms with E-state index >= 15 is 0 Å². The highest BCUT2D eigenvalue weighted by Gasteiger charge is 2.20. The molecule has 0 aliphatic carbocycles. The smallest absolute Gasteiger partial charge is 0.263 e. The third-order valence-corrected chi connectivity index (χ3v) is 4.56. The number of aromatic nitrogens is 4. The van der Waals surface area contributed by atoms with Crippen molar-refractivity contribution in [1.29, 1.82) is 0 Å². The van der Waals surface area contributed by atoms with Gasteiger partial charge in [-0.3, -0.25) is 0 Å². The van der Waals surface area contributed by atoms with Gasteiger partial charge < -0.3 is 4.98 Å². The summed E-state index contributed by atoms with van der Waals surface area (Å²) >= 11 is 6.19. The fourth-order valence-corrected chi connectivity index (χ4v) is 3.33. The maximum Gasteiger partial charge on any atom is 0.263 e. The molecule has 0 spiro atoms. The molecule has 0 aliphatic rings. The highest BCUT2D eigenvalue weighted by molar-refractivity contribution is 8.14. The minimum absolute atomic E-state index is 0.0102. The molecule has 0 amide bonds. The van der Waals surface area contributed by atoms with Crippen LogP contribution in [0.25, 0.3) is 22.2 Å². The molecule has 2 heterocycles. The van der Waals surface area contributed by atoms with Crippen molar-refractivity contribution in [2.45, 2.75) is 4.90 Å². The largest absolute Gasteiger partial charge is 0.359 e. The molecule has 1 N–H and O–H groups in total. The molecule has 0 aliphatic heterocycles. The first kappa shape index (κ1) is 13.4. The minimum atomic E-state index is -3.84. The predicted octanol–water partition coefficient (Wildman–Crippen LogP) is 2.54. The monoisotopic (exact) mass is 330 g/mol. The maximum absolute atomic E-state index is 11.5. The third kappa shape index (κ3) is 2.07. The SMILES string of the molecule is Cn1ncc(-c2c(Cl)ccc3c(S(=O)(=O)Cl)c[nH]c23)n1. The number of aryl methyl sites for hydroxylation is 1. The highest BCUT2D eigenvalue weighted by Crippen LogP contribution is 2.36. The fourth-order valence-electron chi connectivity index (χ4n) is 2.06. The number of benzene rings is 1. The van der Waals surface area contributed by atoms with Crippen molar-refractivity contribution in [2.24, 2.45) is 7.05 Å². The summed E-state index contributed by atoms with van der Waals surface area (Å²) in [5.41, 5.74) is 1.68. The topological polar surface area (TPSA) is 80.6 Å². The molecule has 2 aromatic heterocycles. The van der Waals surface area contributed by atoms with Gasteiger partial charge in [0.25, 0.3) is 9.05 Å². The molecule has 1 aromatic carbocycles. The Kier molecular flexibility index (Phi) is 3.00. The van der Waals surface area contributed by atoms with E-state index in [0.29, 0.717) is 27.2 Å². The molecule has 0 saturated heterocycles. The van der Waals surface area contributed by atoms with Gasteiger partial charge in [0, 0.05) is 34.9 Å². The Morgan fingerprint density at radius 3 is 2.70 bits per heavy atom. The first-order valence-electron chi connectivity index (χ1n) is 5.49. The van der Waals surface area contributed by atoms with Crippen LogP contribution in [0.2, 0.25) is 5.02 Å². The van der Waals surface area contributed by atoms with E-state index in [9.17, 15) is 8.42 Å². The van der Waals surface area contributed by atoms with E-state index < -0.39 is 9.05 Å². The summed E-state index contributed by atoms with van der Waals surface area (Å²) in [5.74, 6) is 0. The maximum atomic E-state index is 11.5. The second-order valence-corrected chi connectivity index (χ2v) is 7.10. The number of rotatable bonds is 2. The number of hydrogen-bond donors (Lipinski definition) is 1. The van der Waals surface area contributed by atoms with Crippen molar-refractivity contribution in [2.75, 3.05) is 0 Å². The molecule has 6 nitrogen and oxygen atoms in total. The van der Waals surface area contributed by atoms with Crippen LogP contribution in [-0.4, -0.2) is 28.4 Å². The second kappa shape index (κ2) is 4.47. The molecule has 20 heavy (non-hydrogen) atoms. The van der Waals surface area contributed by atoms with Gasteiger partial charge in [0.05, 0.1) is 16.7 Å². The number of H-pyrrole nitrogens is 1. The summed E-state index contributed by atoms with van der Waals surface area (Å²) in [4.78, 5) is 4.29. The van der Waals surface area contributed by atoms with Crippen molar-refractivity contribution >= 4 is 42.2 Å². The van der Waals surface area contributed by atoms with Crippen molar-refractivity contribution in [1.82, 2.24) is 20.0 Å². The van der Waals surface area contributed by atoms with Gasteiger partial charge in [0.15, 0.2) is 0 Å². The minimum Gasteiger partial charge on any atom is -0.359 e. The van der Waals surface area contributed by atoms with Crippen molar-refractivity contribution in [3.05, 3.63) is 29.5 Å². The molecule has 0 unspecified atom stereocenters. The molecular weight excluding hydrogens is 323 g/mol. The van der Waals surface area contributed by atoms with Crippen molar-refractivity contribution in [3.8, 4) is 11.3 Å². The number of halogens is 2. The van der Waals surface area contributed by atoms with Crippen LogP contribution in [-0.2, 0) is 16.1 Å². The molecule has 0 saturated carbocycles. The molecule has 3 rings (SSSR count). The van der Waals surface area contributed by atoms with Gasteiger partial charge in [0.1, 0.15) is 10.6 Å². The van der Waals surface area contributed by atoms with Gasteiger partial charge in [-0.05, 0) is 12.1 Å². The standard InChI is InChI=1S/C11H8Cl2N4O2S/c1-17-15-4-8(16-17)10-7(12)3-2-6-9(20(13,18)19)5-14-11(6)10/h2-5,14H,1H3. The normalized spacial score (nSPS) is 12.2. The van der Waals surface area contributed by atoms with Crippen LogP contribution in [0.1, 0.15) is 0 Å². The van der Waals surface area contributed by atoms with Crippen LogP contribution in [0.15, 0.2) is 29.4 Å². The predicted molar refractivity (Wildman–Crippen MR) is 76.3 cm³/mol. The molecule has 0 bridgehead atoms. The summed E-state index contributed by atoms with van der Waals surface area (Å²) < 4.78 is 23.1. The van der Waals surface area contributed by atoms with Crippen LogP contribution in [0, 0.1) is 0 Å². The van der Waals surface area contributed by atoms with Gasteiger partial charge in [-0.25, -0.2) is 8.42 Å². The van der Waals surface area contributed by atoms with E-state index in [1.54, 1.807) is 25.4 Å². The van der Waals surface area contributed by atoms with Gasteiger partial charge in [0.2, 0.25) is 0 Å². The number of nitrogens with zero attached hydrogens (tertiary/aromatic N) is 3.